The number of aliphatic carboxylic acids is 1. The third-order valence-electron chi connectivity index (χ3n) is 2.34. The first-order valence-corrected chi connectivity index (χ1v) is 5.54. The number of carboxylic acid groups (broad SMARTS) is 1. The summed E-state index contributed by atoms with van der Waals surface area (Å²) in [4.78, 5) is 21.6. The van der Waals surface area contributed by atoms with E-state index in [9.17, 15) is 18.4 Å². The summed E-state index contributed by atoms with van der Waals surface area (Å²) in [6.07, 6.45) is 0. The molecule has 0 spiro atoms. The van der Waals surface area contributed by atoms with E-state index in [0.717, 1.165) is 12.1 Å². The van der Waals surface area contributed by atoms with Crippen LogP contribution in [0.4, 0.5) is 8.78 Å². The van der Waals surface area contributed by atoms with E-state index in [-0.39, 0.29) is 13.1 Å². The number of carbonyl (C=O) groups excluding carboxylic acids is 1. The van der Waals surface area contributed by atoms with Crippen LogP contribution in [0.5, 0.6) is 0 Å². The second-order valence-corrected chi connectivity index (χ2v) is 3.97. The molecule has 0 saturated heterocycles. The van der Waals surface area contributed by atoms with Gasteiger partial charge in [0, 0.05) is 20.0 Å². The lowest BCUT2D eigenvalue weighted by molar-refractivity contribution is -0.141. The Morgan fingerprint density at radius 1 is 1.32 bits per heavy atom. The van der Waals surface area contributed by atoms with E-state index in [4.69, 9.17) is 5.11 Å². The SMILES string of the molecule is CC(=O)NC(CNCc1ccc(F)c(F)c1)C(=O)O. The molecule has 3 N–H and O–H groups in total. The van der Waals surface area contributed by atoms with Crippen LogP contribution in [0.15, 0.2) is 18.2 Å². The van der Waals surface area contributed by atoms with Crippen LogP contribution in [0.25, 0.3) is 0 Å². The zero-order chi connectivity index (χ0) is 14.4. The van der Waals surface area contributed by atoms with E-state index in [1.807, 2.05) is 0 Å². The Morgan fingerprint density at radius 2 is 2.00 bits per heavy atom. The van der Waals surface area contributed by atoms with Crippen molar-refractivity contribution in [2.75, 3.05) is 6.54 Å². The highest BCUT2D eigenvalue weighted by Gasteiger charge is 2.17. The van der Waals surface area contributed by atoms with Crippen molar-refractivity contribution >= 4 is 11.9 Å². The molecule has 0 radical (unpaired) electrons. The molecule has 0 fully saturated rings. The van der Waals surface area contributed by atoms with Crippen molar-refractivity contribution in [1.29, 1.82) is 0 Å². The van der Waals surface area contributed by atoms with Gasteiger partial charge in [0.15, 0.2) is 11.6 Å². The summed E-state index contributed by atoms with van der Waals surface area (Å²) < 4.78 is 25.6. The minimum Gasteiger partial charge on any atom is -0.480 e. The summed E-state index contributed by atoms with van der Waals surface area (Å²) in [6.45, 7) is 1.36. The van der Waals surface area contributed by atoms with Gasteiger partial charge in [-0.25, -0.2) is 13.6 Å². The van der Waals surface area contributed by atoms with Crippen molar-refractivity contribution in [3.63, 3.8) is 0 Å². The number of carboxylic acids is 1. The Hall–Kier alpha value is -2.02. The predicted octanol–water partition coefficient (Wildman–Crippen LogP) is 0.644. The molecule has 0 aliphatic heterocycles. The number of hydrogen-bond acceptors (Lipinski definition) is 3. The maximum absolute atomic E-state index is 12.9. The summed E-state index contributed by atoms with van der Waals surface area (Å²) in [5, 5.41) is 13.8. The van der Waals surface area contributed by atoms with E-state index < -0.39 is 29.6 Å². The summed E-state index contributed by atoms with van der Waals surface area (Å²) >= 11 is 0. The Kier molecular flexibility index (Phi) is 5.37. The van der Waals surface area contributed by atoms with E-state index in [1.54, 1.807) is 0 Å². The minimum absolute atomic E-state index is 0.0199. The zero-order valence-corrected chi connectivity index (χ0v) is 10.2. The number of carbonyl (C=O) groups is 2. The second kappa shape index (κ2) is 6.79. The number of amides is 1. The predicted molar refractivity (Wildman–Crippen MR) is 63.3 cm³/mol. The number of benzene rings is 1. The molecule has 5 nitrogen and oxygen atoms in total. The number of hydrogen-bond donors (Lipinski definition) is 3. The lowest BCUT2D eigenvalue weighted by Gasteiger charge is -2.14. The minimum atomic E-state index is -1.17. The van der Waals surface area contributed by atoms with Gasteiger partial charge < -0.3 is 15.7 Å². The van der Waals surface area contributed by atoms with Gasteiger partial charge in [0.2, 0.25) is 5.91 Å². The van der Waals surface area contributed by atoms with Gasteiger partial charge in [0.1, 0.15) is 6.04 Å². The second-order valence-electron chi connectivity index (χ2n) is 3.97. The third-order valence-corrected chi connectivity index (χ3v) is 2.34. The molecule has 104 valence electrons. The van der Waals surface area contributed by atoms with Crippen LogP contribution in [0, 0.1) is 11.6 Å². The molecule has 1 unspecified atom stereocenters. The molecular formula is C12H14F2N2O3. The molecule has 0 aliphatic carbocycles. The molecule has 19 heavy (non-hydrogen) atoms. The van der Waals surface area contributed by atoms with Crippen molar-refractivity contribution < 1.29 is 23.5 Å². The summed E-state index contributed by atoms with van der Waals surface area (Å²) in [7, 11) is 0. The molecule has 0 heterocycles. The smallest absolute Gasteiger partial charge is 0.327 e. The topological polar surface area (TPSA) is 78.4 Å². The van der Waals surface area contributed by atoms with Gasteiger partial charge in [-0.15, -0.1) is 0 Å². The first-order valence-electron chi connectivity index (χ1n) is 5.54. The van der Waals surface area contributed by atoms with Crippen molar-refractivity contribution in [2.45, 2.75) is 19.5 Å². The van der Waals surface area contributed by atoms with E-state index >= 15 is 0 Å². The molecule has 0 aromatic heterocycles. The highest BCUT2D eigenvalue weighted by atomic mass is 19.2. The van der Waals surface area contributed by atoms with Crippen LogP contribution < -0.4 is 10.6 Å². The van der Waals surface area contributed by atoms with Gasteiger partial charge in [-0.2, -0.15) is 0 Å². The van der Waals surface area contributed by atoms with Gasteiger partial charge in [-0.05, 0) is 17.7 Å². The monoisotopic (exact) mass is 272 g/mol. The fourth-order valence-corrected chi connectivity index (χ4v) is 1.46. The molecule has 7 heteroatoms. The fraction of sp³-hybridized carbons (Fsp3) is 0.333. The molecule has 0 bridgehead atoms. The van der Waals surface area contributed by atoms with Crippen molar-refractivity contribution in [2.24, 2.45) is 0 Å². The van der Waals surface area contributed by atoms with Gasteiger partial charge in [0.25, 0.3) is 0 Å². The zero-order valence-electron chi connectivity index (χ0n) is 10.2. The maximum Gasteiger partial charge on any atom is 0.327 e. The van der Waals surface area contributed by atoms with Gasteiger partial charge in [-0.3, -0.25) is 4.79 Å². The Bertz CT molecular complexity index is 480. The Labute approximate surface area is 108 Å². The molecule has 1 aromatic rings. The molecule has 0 saturated carbocycles. The molecule has 0 aliphatic rings. The summed E-state index contributed by atoms with van der Waals surface area (Å²) in [5.41, 5.74) is 0.478. The lowest BCUT2D eigenvalue weighted by atomic mass is 10.2. The molecule has 1 atom stereocenters. The summed E-state index contributed by atoms with van der Waals surface area (Å²) in [5.74, 6) is -3.53. The third kappa shape index (κ3) is 5.01. The first kappa shape index (κ1) is 15.0. The standard InChI is InChI=1S/C12H14F2N2O3/c1-7(17)16-11(12(18)19)6-15-5-8-2-3-9(13)10(14)4-8/h2-4,11,15H,5-6H2,1H3,(H,16,17)(H,18,19). The molecule has 1 amide bonds. The van der Waals surface area contributed by atoms with E-state index in [0.29, 0.717) is 5.56 Å². The fourth-order valence-electron chi connectivity index (χ4n) is 1.46. The first-order chi connectivity index (χ1) is 8.90. The van der Waals surface area contributed by atoms with E-state index in [2.05, 4.69) is 10.6 Å². The van der Waals surface area contributed by atoms with Gasteiger partial charge in [0.05, 0.1) is 0 Å². The molecule has 1 aromatic carbocycles. The van der Waals surface area contributed by atoms with Crippen LogP contribution in [0.1, 0.15) is 12.5 Å². The highest BCUT2D eigenvalue weighted by Crippen LogP contribution is 2.08. The highest BCUT2D eigenvalue weighted by molar-refractivity contribution is 5.82. The van der Waals surface area contributed by atoms with Crippen LogP contribution >= 0.6 is 0 Å². The van der Waals surface area contributed by atoms with Crippen LogP contribution in [-0.2, 0) is 16.1 Å². The Morgan fingerprint density at radius 3 is 2.53 bits per heavy atom. The number of nitrogens with one attached hydrogen (secondary N) is 2. The maximum atomic E-state index is 12.9. The molecule has 1 rings (SSSR count). The van der Waals surface area contributed by atoms with Gasteiger partial charge in [-0.1, -0.05) is 6.07 Å². The quantitative estimate of drug-likeness (QED) is 0.710. The summed E-state index contributed by atoms with van der Waals surface area (Å²) in [6, 6.07) is 2.34. The largest absolute Gasteiger partial charge is 0.480 e. The normalized spacial score (nSPS) is 11.9. The van der Waals surface area contributed by atoms with Crippen LogP contribution in [-0.4, -0.2) is 29.6 Å². The van der Waals surface area contributed by atoms with Crippen LogP contribution in [0.2, 0.25) is 0 Å². The van der Waals surface area contributed by atoms with Gasteiger partial charge >= 0.3 is 5.97 Å². The molecular weight excluding hydrogens is 258 g/mol. The van der Waals surface area contributed by atoms with Crippen LogP contribution in [0.3, 0.4) is 0 Å². The lowest BCUT2D eigenvalue weighted by Crippen LogP contribution is -2.46. The van der Waals surface area contributed by atoms with Crippen molar-refractivity contribution in [3.05, 3.63) is 35.4 Å². The van der Waals surface area contributed by atoms with E-state index in [1.165, 1.54) is 13.0 Å². The van der Waals surface area contributed by atoms with Crippen molar-refractivity contribution in [3.8, 4) is 0 Å². The number of halogens is 2. The average Bonchev–Trinajstić information content (AvgIpc) is 2.31. The average molecular weight is 272 g/mol. The Balaban J connectivity index is 2.49. The number of rotatable bonds is 6. The van der Waals surface area contributed by atoms with Crippen molar-refractivity contribution in [1.82, 2.24) is 10.6 Å².